The zero-order valence-electron chi connectivity index (χ0n) is 13.4. The predicted molar refractivity (Wildman–Crippen MR) is 96.5 cm³/mol. The zero-order valence-corrected chi connectivity index (χ0v) is 13.4. The molecule has 0 bridgehead atoms. The van der Waals surface area contributed by atoms with E-state index in [1.54, 1.807) is 0 Å². The number of carbonyl (C=O) groups is 1. The van der Waals surface area contributed by atoms with Crippen LogP contribution in [0.4, 0.5) is 5.69 Å². The Bertz CT molecular complexity index is 903. The van der Waals surface area contributed by atoms with Crippen LogP contribution in [-0.4, -0.2) is 24.0 Å². The average molecular weight is 317 g/mol. The number of fused-ring (bicyclic) bond motifs is 2. The number of aliphatic hydroxyl groups excluding tert-OH is 1. The minimum Gasteiger partial charge on any atom is -0.394 e. The fraction of sp³-hybridized carbons (Fsp3) is 0.190. The summed E-state index contributed by atoms with van der Waals surface area (Å²) in [6, 6.07) is 20.3. The molecule has 1 atom stereocenters. The summed E-state index contributed by atoms with van der Waals surface area (Å²) in [6.45, 7) is 0.879. The Kier molecular flexibility index (Phi) is 3.79. The van der Waals surface area contributed by atoms with Crippen LogP contribution in [0.1, 0.15) is 21.5 Å². The highest BCUT2D eigenvalue weighted by Gasteiger charge is 2.26. The lowest BCUT2D eigenvalue weighted by atomic mass is 9.92. The van der Waals surface area contributed by atoms with Crippen molar-refractivity contribution in [1.82, 2.24) is 0 Å². The van der Waals surface area contributed by atoms with Crippen molar-refractivity contribution < 1.29 is 9.90 Å². The number of carbonyl (C=O) groups excluding carboxylic acids is 1. The highest BCUT2D eigenvalue weighted by Crippen LogP contribution is 2.34. The van der Waals surface area contributed by atoms with Crippen molar-refractivity contribution in [3.05, 3.63) is 77.4 Å². The van der Waals surface area contributed by atoms with Crippen LogP contribution in [0.25, 0.3) is 10.8 Å². The highest BCUT2D eigenvalue weighted by atomic mass is 16.3. The quantitative estimate of drug-likeness (QED) is 0.751. The van der Waals surface area contributed by atoms with E-state index in [0.29, 0.717) is 5.56 Å². The summed E-state index contributed by atoms with van der Waals surface area (Å²) >= 11 is 0. The number of benzene rings is 3. The molecule has 120 valence electrons. The first-order valence-corrected chi connectivity index (χ1v) is 8.23. The third-order valence-corrected chi connectivity index (χ3v) is 4.94. The molecule has 0 saturated carbocycles. The monoisotopic (exact) mass is 317 g/mol. The van der Waals surface area contributed by atoms with Gasteiger partial charge in [-0.2, -0.15) is 0 Å². The van der Waals surface area contributed by atoms with Gasteiger partial charge in [-0.1, -0.05) is 54.6 Å². The average Bonchev–Trinajstić information content (AvgIpc) is 2.65. The fourth-order valence-corrected chi connectivity index (χ4v) is 3.70. The van der Waals surface area contributed by atoms with E-state index in [0.717, 1.165) is 35.7 Å². The van der Waals surface area contributed by atoms with Crippen LogP contribution in [0, 0.1) is 0 Å². The second-order valence-corrected chi connectivity index (χ2v) is 6.27. The first-order chi connectivity index (χ1) is 11.8. The van der Waals surface area contributed by atoms with Gasteiger partial charge in [0.2, 0.25) is 0 Å². The van der Waals surface area contributed by atoms with Crippen molar-refractivity contribution in [3.8, 4) is 0 Å². The maximum atomic E-state index is 11.3. The number of hydrogen-bond donors (Lipinski definition) is 1. The van der Waals surface area contributed by atoms with Gasteiger partial charge in [0.1, 0.15) is 0 Å². The number of anilines is 1. The van der Waals surface area contributed by atoms with Crippen molar-refractivity contribution in [2.45, 2.75) is 19.0 Å². The number of rotatable bonds is 3. The Morgan fingerprint density at radius 1 is 0.958 bits per heavy atom. The van der Waals surface area contributed by atoms with Crippen LogP contribution < -0.4 is 4.90 Å². The van der Waals surface area contributed by atoms with Gasteiger partial charge in [-0.3, -0.25) is 4.79 Å². The SMILES string of the molecule is O=Cc1cccc2c(N3Cc4ccccc4CC3CO)cccc12. The maximum absolute atomic E-state index is 11.3. The third kappa shape index (κ3) is 2.38. The molecule has 0 fully saturated rings. The smallest absolute Gasteiger partial charge is 0.150 e. The van der Waals surface area contributed by atoms with Gasteiger partial charge in [0.05, 0.1) is 12.6 Å². The van der Waals surface area contributed by atoms with Gasteiger partial charge in [-0.15, -0.1) is 0 Å². The number of nitrogens with zero attached hydrogens (tertiary/aromatic N) is 1. The lowest BCUT2D eigenvalue weighted by Crippen LogP contribution is -2.43. The largest absolute Gasteiger partial charge is 0.394 e. The second kappa shape index (κ2) is 6.10. The number of hydrogen-bond acceptors (Lipinski definition) is 3. The van der Waals surface area contributed by atoms with Gasteiger partial charge >= 0.3 is 0 Å². The summed E-state index contributed by atoms with van der Waals surface area (Å²) in [5.74, 6) is 0. The molecule has 0 aromatic heterocycles. The molecule has 1 heterocycles. The number of aliphatic hydroxyl groups is 1. The molecule has 0 aliphatic carbocycles. The molecule has 1 N–H and O–H groups in total. The van der Waals surface area contributed by atoms with Crippen molar-refractivity contribution in [3.63, 3.8) is 0 Å². The Morgan fingerprint density at radius 2 is 1.71 bits per heavy atom. The van der Waals surface area contributed by atoms with Gasteiger partial charge in [-0.05, 0) is 29.0 Å². The topological polar surface area (TPSA) is 40.5 Å². The van der Waals surface area contributed by atoms with E-state index in [4.69, 9.17) is 0 Å². The van der Waals surface area contributed by atoms with Gasteiger partial charge in [0.15, 0.2) is 6.29 Å². The second-order valence-electron chi connectivity index (χ2n) is 6.27. The van der Waals surface area contributed by atoms with E-state index < -0.39 is 0 Å². The minimum atomic E-state index is 0.0467. The number of aldehydes is 1. The fourth-order valence-electron chi connectivity index (χ4n) is 3.70. The molecule has 0 saturated heterocycles. The molecular weight excluding hydrogens is 298 g/mol. The van der Waals surface area contributed by atoms with Crippen LogP contribution in [0.3, 0.4) is 0 Å². The summed E-state index contributed by atoms with van der Waals surface area (Å²) in [5, 5.41) is 11.9. The Balaban J connectivity index is 1.86. The molecule has 3 heteroatoms. The molecule has 24 heavy (non-hydrogen) atoms. The summed E-state index contributed by atoms with van der Waals surface area (Å²) in [4.78, 5) is 13.6. The summed E-state index contributed by atoms with van der Waals surface area (Å²) in [7, 11) is 0. The van der Waals surface area contributed by atoms with Gasteiger partial charge < -0.3 is 10.0 Å². The first kappa shape index (κ1) is 14.9. The van der Waals surface area contributed by atoms with Crippen molar-refractivity contribution >= 4 is 22.7 Å². The molecule has 0 spiro atoms. The van der Waals surface area contributed by atoms with Crippen LogP contribution in [-0.2, 0) is 13.0 Å². The normalized spacial score (nSPS) is 16.9. The highest BCUT2D eigenvalue weighted by molar-refractivity contribution is 6.03. The van der Waals surface area contributed by atoms with E-state index in [1.807, 2.05) is 30.3 Å². The molecule has 1 aliphatic rings. The van der Waals surface area contributed by atoms with Crippen molar-refractivity contribution in [2.24, 2.45) is 0 Å². The molecule has 1 unspecified atom stereocenters. The lowest BCUT2D eigenvalue weighted by Gasteiger charge is -2.38. The van der Waals surface area contributed by atoms with E-state index in [2.05, 4.69) is 35.2 Å². The minimum absolute atomic E-state index is 0.0467. The van der Waals surface area contributed by atoms with Crippen LogP contribution in [0.2, 0.25) is 0 Å². The zero-order chi connectivity index (χ0) is 16.5. The summed E-state index contributed by atoms with van der Waals surface area (Å²) in [6.07, 6.45) is 1.73. The van der Waals surface area contributed by atoms with Crippen LogP contribution in [0.15, 0.2) is 60.7 Å². The van der Waals surface area contributed by atoms with E-state index in [9.17, 15) is 9.90 Å². The standard InChI is InChI=1S/C21H19NO2/c23-13-17-7-3-9-20-19(17)8-4-10-21(20)22-12-16-6-2-1-5-15(16)11-18(22)14-24/h1-10,13,18,24H,11-12,14H2. The van der Waals surface area contributed by atoms with E-state index in [-0.39, 0.29) is 12.6 Å². The van der Waals surface area contributed by atoms with E-state index in [1.165, 1.54) is 11.1 Å². The van der Waals surface area contributed by atoms with Crippen molar-refractivity contribution in [2.75, 3.05) is 11.5 Å². The van der Waals surface area contributed by atoms with Gasteiger partial charge in [-0.25, -0.2) is 0 Å². The predicted octanol–water partition coefficient (Wildman–Crippen LogP) is 3.58. The van der Waals surface area contributed by atoms with Gasteiger partial charge in [0, 0.05) is 23.2 Å². The molecule has 3 aromatic rings. The molecule has 4 rings (SSSR count). The Morgan fingerprint density at radius 3 is 2.50 bits per heavy atom. The van der Waals surface area contributed by atoms with Gasteiger partial charge in [0.25, 0.3) is 0 Å². The molecule has 1 aliphatic heterocycles. The van der Waals surface area contributed by atoms with Crippen molar-refractivity contribution in [1.29, 1.82) is 0 Å². The molecule has 0 amide bonds. The lowest BCUT2D eigenvalue weighted by molar-refractivity contribution is 0.112. The molecule has 0 radical (unpaired) electrons. The molecule has 3 aromatic carbocycles. The Hall–Kier alpha value is -2.65. The van der Waals surface area contributed by atoms with E-state index >= 15 is 0 Å². The summed E-state index contributed by atoms with van der Waals surface area (Å²) < 4.78 is 0. The Labute approximate surface area is 141 Å². The first-order valence-electron chi connectivity index (χ1n) is 8.23. The van der Waals surface area contributed by atoms with Crippen LogP contribution in [0.5, 0.6) is 0 Å². The van der Waals surface area contributed by atoms with Crippen LogP contribution >= 0.6 is 0 Å². The maximum Gasteiger partial charge on any atom is 0.150 e. The summed E-state index contributed by atoms with van der Waals surface area (Å²) in [5.41, 5.74) is 4.38. The molecular formula is C21H19NO2. The molecule has 3 nitrogen and oxygen atoms in total. The third-order valence-electron chi connectivity index (χ3n) is 4.94.